The number of halogens is 2. The number of carbonyl (C=O) groups is 2. The third kappa shape index (κ3) is 3.21. The summed E-state index contributed by atoms with van der Waals surface area (Å²) >= 11 is 0. The van der Waals surface area contributed by atoms with E-state index in [4.69, 9.17) is 5.73 Å². The molecule has 1 heterocycles. The first-order chi connectivity index (χ1) is 13.0. The minimum absolute atomic E-state index is 0.0995. The van der Waals surface area contributed by atoms with Crippen molar-refractivity contribution < 1.29 is 23.1 Å². The van der Waals surface area contributed by atoms with Gasteiger partial charge in [-0.3, -0.25) is 9.59 Å². The Morgan fingerprint density at radius 2 is 1.89 bits per heavy atom. The summed E-state index contributed by atoms with van der Waals surface area (Å²) in [5, 5.41) is 1.95. The molecule has 28 heavy (non-hydrogen) atoms. The first kappa shape index (κ1) is 21.3. The lowest BCUT2D eigenvalue weighted by Gasteiger charge is -2.31. The Morgan fingerprint density at radius 1 is 1.29 bits per heavy atom. The fourth-order valence-corrected chi connectivity index (χ4v) is 3.39. The van der Waals surface area contributed by atoms with E-state index in [1.165, 1.54) is 11.6 Å². The molecule has 0 atom stereocenters. The van der Waals surface area contributed by atoms with Gasteiger partial charge < -0.3 is 20.4 Å². The Morgan fingerprint density at radius 3 is 2.36 bits per heavy atom. The number of nitrogens with zero attached hydrogens (tertiary/aromatic N) is 1. The van der Waals surface area contributed by atoms with Gasteiger partial charge in [-0.1, -0.05) is 13.3 Å². The number of benzene rings is 1. The molecule has 0 unspecified atom stereocenters. The number of anilines is 2. The lowest BCUT2D eigenvalue weighted by molar-refractivity contribution is -0.123. The number of nitrogen functional groups attached to an aromatic ring is 1. The molecule has 0 radical (unpaired) electrons. The molecule has 2 aromatic rings. The number of pyridine rings is 1. The predicted molar refractivity (Wildman–Crippen MR) is 103 cm³/mol. The molecule has 0 spiro atoms. The molecule has 2 rings (SSSR count). The largest absolute Gasteiger partial charge is 0.396 e. The molecule has 152 valence electrons. The van der Waals surface area contributed by atoms with Crippen molar-refractivity contribution in [3.8, 4) is 0 Å². The van der Waals surface area contributed by atoms with Crippen molar-refractivity contribution in [2.75, 3.05) is 18.1 Å². The van der Waals surface area contributed by atoms with E-state index < -0.39 is 50.9 Å². The van der Waals surface area contributed by atoms with Crippen LogP contribution >= 0.6 is 0 Å². The lowest BCUT2D eigenvalue weighted by atomic mass is 9.97. The molecule has 0 saturated heterocycles. The number of carbonyl (C=O) groups excluding carboxylic acids is 2. The summed E-state index contributed by atoms with van der Waals surface area (Å²) in [5.74, 6) is -3.33. The molecule has 0 aliphatic carbocycles. The lowest BCUT2D eigenvalue weighted by Crippen LogP contribution is -2.34. The Kier molecular flexibility index (Phi) is 5.77. The van der Waals surface area contributed by atoms with Gasteiger partial charge >= 0.3 is 12.4 Å². The third-order valence-corrected chi connectivity index (χ3v) is 4.39. The van der Waals surface area contributed by atoms with Crippen LogP contribution in [0.15, 0.2) is 4.79 Å². The Bertz CT molecular complexity index is 1020. The maximum Gasteiger partial charge on any atom is 0.351 e. The fourth-order valence-electron chi connectivity index (χ4n) is 3.39. The second-order valence-electron chi connectivity index (χ2n) is 7.30. The molecular formula is C19H23F2N3O4. The van der Waals surface area contributed by atoms with E-state index in [0.29, 0.717) is 6.42 Å². The molecule has 0 fully saturated rings. The van der Waals surface area contributed by atoms with Crippen LogP contribution in [0.3, 0.4) is 0 Å². The second-order valence-corrected chi connectivity index (χ2v) is 7.30. The average molecular weight is 395 g/mol. The van der Waals surface area contributed by atoms with Crippen molar-refractivity contribution in [1.82, 2.24) is 4.57 Å². The Hall–Kier alpha value is -2.97. The van der Waals surface area contributed by atoms with Crippen molar-refractivity contribution >= 4 is 34.7 Å². The molecule has 1 aromatic carbocycles. The van der Waals surface area contributed by atoms with Crippen LogP contribution in [0.4, 0.5) is 20.2 Å². The number of rotatable bonds is 5. The van der Waals surface area contributed by atoms with E-state index >= 15 is 4.39 Å². The molecule has 9 heteroatoms. The zero-order chi connectivity index (χ0) is 21.4. The normalized spacial score (nSPS) is 11.5. The quantitative estimate of drug-likeness (QED) is 0.349. The number of nitrogens with two attached hydrogens (primary N) is 1. The van der Waals surface area contributed by atoms with Gasteiger partial charge in [-0.25, -0.2) is 13.6 Å². The molecule has 7 nitrogen and oxygen atoms in total. The summed E-state index contributed by atoms with van der Waals surface area (Å²) in [6.45, 7) is 6.93. The number of nitrogens with one attached hydrogen (secondary N) is 1. The Labute approximate surface area is 160 Å². The highest BCUT2D eigenvalue weighted by atomic mass is 19.1. The van der Waals surface area contributed by atoms with E-state index in [-0.39, 0.29) is 24.1 Å². The van der Waals surface area contributed by atoms with Gasteiger partial charge in [-0.2, -0.15) is 0 Å². The van der Waals surface area contributed by atoms with Crippen LogP contribution in [-0.2, 0) is 21.5 Å². The highest BCUT2D eigenvalue weighted by molar-refractivity contribution is 6.02. The number of fused-ring (bicyclic) bond motifs is 1. The van der Waals surface area contributed by atoms with E-state index in [9.17, 15) is 18.8 Å². The minimum atomic E-state index is -1.19. The van der Waals surface area contributed by atoms with Gasteiger partial charge in [0.25, 0.3) is 0 Å². The van der Waals surface area contributed by atoms with Gasteiger partial charge in [0.2, 0.25) is 5.43 Å². The van der Waals surface area contributed by atoms with Gasteiger partial charge in [-0.05, 0) is 27.2 Å². The third-order valence-electron chi connectivity index (χ3n) is 4.39. The van der Waals surface area contributed by atoms with E-state index in [1.807, 2.05) is 6.92 Å². The van der Waals surface area contributed by atoms with Crippen LogP contribution < -0.4 is 16.5 Å². The smallest absolute Gasteiger partial charge is 0.351 e. The average Bonchev–Trinajstić information content (AvgIpc) is 2.59. The Balaban J connectivity index is 3.30. The van der Waals surface area contributed by atoms with Gasteiger partial charge in [0.1, 0.15) is 11.3 Å². The zero-order valence-electron chi connectivity index (χ0n) is 16.4. The van der Waals surface area contributed by atoms with Crippen LogP contribution in [0.1, 0.15) is 50.2 Å². The van der Waals surface area contributed by atoms with E-state index in [2.05, 4.69) is 10.1 Å². The van der Waals surface area contributed by atoms with Gasteiger partial charge in [-0.15, -0.1) is 0 Å². The molecule has 0 saturated carbocycles. The highest BCUT2D eigenvalue weighted by Crippen LogP contribution is 2.36. The van der Waals surface area contributed by atoms with Crippen LogP contribution in [0.25, 0.3) is 10.9 Å². The maximum atomic E-state index is 15.3. The topological polar surface area (TPSA) is 103 Å². The number of hydrogen-bond donors (Lipinski definition) is 2. The van der Waals surface area contributed by atoms with Crippen molar-refractivity contribution in [2.45, 2.75) is 46.1 Å². The summed E-state index contributed by atoms with van der Waals surface area (Å²) < 4.78 is 35.7. The van der Waals surface area contributed by atoms with Gasteiger partial charge in [0.05, 0.1) is 16.6 Å². The number of hydrogen-bond acceptors (Lipinski definition) is 6. The van der Waals surface area contributed by atoms with E-state index in [0.717, 1.165) is 0 Å². The monoisotopic (exact) mass is 395 g/mol. The fraction of sp³-hybridized carbons (Fsp3) is 0.421. The number of aromatic nitrogens is 1. The molecule has 1 aromatic heterocycles. The van der Waals surface area contributed by atoms with Crippen LogP contribution in [0.5, 0.6) is 0 Å². The molecule has 0 aliphatic heterocycles. The summed E-state index contributed by atoms with van der Waals surface area (Å²) in [5.41, 5.74) is 2.47. The van der Waals surface area contributed by atoms with Gasteiger partial charge in [0.15, 0.2) is 11.6 Å². The van der Waals surface area contributed by atoms with E-state index in [1.54, 1.807) is 20.8 Å². The first-order valence-corrected chi connectivity index (χ1v) is 8.73. The number of esters is 1. The number of ether oxygens (including phenoxy) is 1. The molecule has 0 aliphatic rings. The first-order valence-electron chi connectivity index (χ1n) is 8.73. The molecule has 3 N–H and O–H groups in total. The van der Waals surface area contributed by atoms with Crippen LogP contribution in [0.2, 0.25) is 0 Å². The predicted octanol–water partition coefficient (Wildman–Crippen LogP) is 2.92. The van der Waals surface area contributed by atoms with Gasteiger partial charge in [0, 0.05) is 18.3 Å². The summed E-state index contributed by atoms with van der Waals surface area (Å²) in [7, 11) is 1.33. The summed E-state index contributed by atoms with van der Waals surface area (Å²) in [6, 6.07) is 0. The van der Waals surface area contributed by atoms with Crippen molar-refractivity contribution in [3.63, 3.8) is 0 Å². The molecule has 0 bridgehead atoms. The minimum Gasteiger partial charge on any atom is -0.396 e. The summed E-state index contributed by atoms with van der Waals surface area (Å²) in [6.07, 6.45) is 0.733. The molecular weight excluding hydrogens is 372 g/mol. The molecule has 0 amide bonds. The van der Waals surface area contributed by atoms with Crippen LogP contribution in [-0.4, -0.2) is 24.1 Å². The maximum absolute atomic E-state index is 15.3. The zero-order valence-corrected chi connectivity index (χ0v) is 16.4. The second kappa shape index (κ2) is 7.57. The SMILES string of the molecule is CCCc1c(C(=O)OC=O)c(=O)c2c(N)c(F)c(NC)c(F)c2n1C(C)(C)C. The van der Waals surface area contributed by atoms with Crippen molar-refractivity contribution in [1.29, 1.82) is 0 Å². The standard InChI is InChI=1S/C19H23F2N3O4/c1-6-7-9-10(18(27)28-8-25)17(26)11-14(22)12(20)15(23-5)13(21)16(11)24(9)19(2,3)4/h8,23H,6-7,22H2,1-5H3. The van der Waals surface area contributed by atoms with Crippen LogP contribution in [0, 0.1) is 11.6 Å². The van der Waals surface area contributed by atoms with Crippen molar-refractivity contribution in [3.05, 3.63) is 33.1 Å². The van der Waals surface area contributed by atoms with Crippen molar-refractivity contribution in [2.24, 2.45) is 0 Å². The highest BCUT2D eigenvalue weighted by Gasteiger charge is 2.32. The summed E-state index contributed by atoms with van der Waals surface area (Å²) in [4.78, 5) is 36.1.